The van der Waals surface area contributed by atoms with E-state index in [9.17, 15) is 24.4 Å². The number of ketones is 1. The predicted octanol–water partition coefficient (Wildman–Crippen LogP) is 0.870. The molecule has 0 aliphatic rings. The van der Waals surface area contributed by atoms with E-state index in [1.807, 2.05) is 4.98 Å². The number of aromatic amines is 1. The van der Waals surface area contributed by atoms with Crippen LogP contribution in [0.1, 0.15) is 29.3 Å². The number of rotatable bonds is 8. The number of nitrogens with one attached hydrogen (secondary N) is 1. The number of carbonyl (C=O) groups is 2. The number of nitriles is 1. The van der Waals surface area contributed by atoms with Gasteiger partial charge in [-0.3, -0.25) is 19.1 Å². The van der Waals surface area contributed by atoms with E-state index >= 15 is 0 Å². The molecule has 0 spiro atoms. The highest BCUT2D eigenvalue weighted by molar-refractivity contribution is 6.03. The van der Waals surface area contributed by atoms with Crippen molar-refractivity contribution in [2.75, 3.05) is 19.5 Å². The van der Waals surface area contributed by atoms with Gasteiger partial charge in [-0.1, -0.05) is 19.1 Å². The van der Waals surface area contributed by atoms with Gasteiger partial charge in [0.25, 0.3) is 5.56 Å². The van der Waals surface area contributed by atoms with Gasteiger partial charge in [0.2, 0.25) is 5.78 Å². The molecule has 0 saturated heterocycles. The number of nitrogens with two attached hydrogens (primary N) is 1. The third-order valence-corrected chi connectivity index (χ3v) is 4.07. The molecular weight excluding hydrogens is 392 g/mol. The maximum atomic E-state index is 12.4. The van der Waals surface area contributed by atoms with Gasteiger partial charge in [-0.25, -0.2) is 9.59 Å². The number of Topliss-reactive ketones (excluding diaryl/α,β-unsaturated/α-hetero) is 1. The number of H-pyrrole nitrogens is 1. The van der Waals surface area contributed by atoms with Crippen LogP contribution in [0.15, 0.2) is 39.4 Å². The van der Waals surface area contributed by atoms with Crippen molar-refractivity contribution in [2.24, 2.45) is 0 Å². The summed E-state index contributed by atoms with van der Waals surface area (Å²) in [5, 5.41) is 9.21. The van der Waals surface area contributed by atoms with E-state index in [0.29, 0.717) is 17.7 Å². The normalized spacial score (nSPS) is 10.9. The van der Waals surface area contributed by atoms with E-state index in [-0.39, 0.29) is 17.9 Å². The summed E-state index contributed by atoms with van der Waals surface area (Å²) in [6, 6.07) is 8.26. The number of aromatic nitrogens is 2. The zero-order valence-corrected chi connectivity index (χ0v) is 16.4. The molecule has 30 heavy (non-hydrogen) atoms. The minimum absolute atomic E-state index is 0.199. The molecule has 1 aromatic carbocycles. The average Bonchev–Trinajstić information content (AvgIpc) is 2.73. The molecule has 0 radical (unpaired) electrons. The fraction of sp³-hybridized carbons (Fsp3) is 0.250. The standard InChI is InChI=1S/C20H20N4O6/c1-3-8-24-17(22)16(18(26)23-20(24)28)15(25)11-30-19(27)13(10-21)9-12-4-6-14(29-2)7-5-12/h4-7,9H,3,8,11,22H2,1-2H3,(H,23,26,28)/b13-9+. The highest BCUT2D eigenvalue weighted by atomic mass is 16.5. The number of methoxy groups -OCH3 is 1. The Hall–Kier alpha value is -4.13. The Bertz CT molecular complexity index is 1140. The van der Waals surface area contributed by atoms with E-state index in [0.717, 1.165) is 4.57 Å². The van der Waals surface area contributed by atoms with E-state index < -0.39 is 35.2 Å². The van der Waals surface area contributed by atoms with Crippen LogP contribution in [0.2, 0.25) is 0 Å². The Morgan fingerprint density at radius 1 is 1.27 bits per heavy atom. The van der Waals surface area contributed by atoms with Crippen molar-refractivity contribution in [1.29, 1.82) is 5.26 Å². The van der Waals surface area contributed by atoms with Gasteiger partial charge in [-0.2, -0.15) is 5.26 Å². The number of nitrogens with zero attached hydrogens (tertiary/aromatic N) is 2. The van der Waals surface area contributed by atoms with Crippen molar-refractivity contribution in [2.45, 2.75) is 19.9 Å². The zero-order chi connectivity index (χ0) is 22.3. The first-order valence-electron chi connectivity index (χ1n) is 8.91. The third kappa shape index (κ3) is 5.02. The predicted molar refractivity (Wildman–Crippen MR) is 108 cm³/mol. The number of esters is 1. The Morgan fingerprint density at radius 2 is 1.93 bits per heavy atom. The van der Waals surface area contributed by atoms with Gasteiger partial charge >= 0.3 is 11.7 Å². The largest absolute Gasteiger partial charge is 0.497 e. The summed E-state index contributed by atoms with van der Waals surface area (Å²) >= 11 is 0. The molecule has 1 aromatic heterocycles. The molecule has 10 heteroatoms. The molecule has 0 aliphatic carbocycles. The lowest BCUT2D eigenvalue weighted by molar-refractivity contribution is -0.137. The minimum atomic E-state index is -1.04. The summed E-state index contributed by atoms with van der Waals surface area (Å²) in [4.78, 5) is 50.4. The van der Waals surface area contributed by atoms with E-state index in [1.165, 1.54) is 13.2 Å². The Labute approximate surface area is 171 Å². The average molecular weight is 412 g/mol. The fourth-order valence-electron chi connectivity index (χ4n) is 2.59. The van der Waals surface area contributed by atoms with Crippen LogP contribution in [0.4, 0.5) is 5.82 Å². The second-order valence-electron chi connectivity index (χ2n) is 6.11. The lowest BCUT2D eigenvalue weighted by Gasteiger charge is -2.11. The lowest BCUT2D eigenvalue weighted by Crippen LogP contribution is -2.37. The number of ether oxygens (including phenoxy) is 2. The number of carbonyl (C=O) groups excluding carboxylic acids is 2. The molecule has 156 valence electrons. The zero-order valence-electron chi connectivity index (χ0n) is 16.4. The monoisotopic (exact) mass is 412 g/mol. The Kier molecular flexibility index (Phi) is 7.30. The van der Waals surface area contributed by atoms with Crippen molar-refractivity contribution < 1.29 is 19.1 Å². The van der Waals surface area contributed by atoms with Gasteiger partial charge in [-0.05, 0) is 30.2 Å². The second kappa shape index (κ2) is 9.88. The first-order chi connectivity index (χ1) is 14.3. The van der Waals surface area contributed by atoms with Crippen LogP contribution in [0.3, 0.4) is 0 Å². The smallest absolute Gasteiger partial charge is 0.349 e. The molecule has 0 amide bonds. The topological polar surface area (TPSA) is 157 Å². The van der Waals surface area contributed by atoms with Crippen LogP contribution in [-0.2, 0) is 16.1 Å². The first kappa shape index (κ1) is 22.2. The van der Waals surface area contributed by atoms with Crippen LogP contribution in [0, 0.1) is 11.3 Å². The van der Waals surface area contributed by atoms with Crippen molar-refractivity contribution in [3.05, 3.63) is 61.8 Å². The molecule has 10 nitrogen and oxygen atoms in total. The molecule has 2 rings (SSSR count). The molecule has 0 saturated carbocycles. The fourth-order valence-corrected chi connectivity index (χ4v) is 2.59. The lowest BCUT2D eigenvalue weighted by atomic mass is 10.1. The number of nitrogen functional groups attached to an aromatic ring is 1. The van der Waals surface area contributed by atoms with Gasteiger partial charge < -0.3 is 15.2 Å². The van der Waals surface area contributed by atoms with Gasteiger partial charge in [-0.15, -0.1) is 0 Å². The Balaban J connectivity index is 2.18. The van der Waals surface area contributed by atoms with Crippen LogP contribution < -0.4 is 21.7 Å². The maximum absolute atomic E-state index is 12.4. The molecule has 2 aromatic rings. The number of hydrogen-bond acceptors (Lipinski definition) is 8. The first-order valence-corrected chi connectivity index (χ1v) is 8.91. The molecular formula is C20H20N4O6. The van der Waals surface area contributed by atoms with Gasteiger partial charge in [0.05, 0.1) is 7.11 Å². The van der Waals surface area contributed by atoms with Gasteiger partial charge in [0.15, 0.2) is 6.61 Å². The highest BCUT2D eigenvalue weighted by Crippen LogP contribution is 2.14. The SMILES string of the molecule is CCCn1c(N)c(C(=O)COC(=O)/C(C#N)=C/c2ccc(OC)cc2)c(=O)[nH]c1=O. The van der Waals surface area contributed by atoms with E-state index in [2.05, 4.69) is 0 Å². The number of anilines is 1. The van der Waals surface area contributed by atoms with E-state index in [4.69, 9.17) is 15.2 Å². The van der Waals surface area contributed by atoms with E-state index in [1.54, 1.807) is 37.3 Å². The van der Waals surface area contributed by atoms with Gasteiger partial charge in [0, 0.05) is 6.54 Å². The Morgan fingerprint density at radius 3 is 2.50 bits per heavy atom. The molecule has 1 heterocycles. The number of hydrogen-bond donors (Lipinski definition) is 2. The van der Waals surface area contributed by atoms with Gasteiger partial charge in [0.1, 0.15) is 28.8 Å². The molecule has 3 N–H and O–H groups in total. The molecule has 0 bridgehead atoms. The molecule has 0 unspecified atom stereocenters. The minimum Gasteiger partial charge on any atom is -0.497 e. The molecule has 0 fully saturated rings. The summed E-state index contributed by atoms with van der Waals surface area (Å²) in [6.45, 7) is 1.17. The second-order valence-corrected chi connectivity index (χ2v) is 6.11. The van der Waals surface area contributed by atoms with Crippen molar-refractivity contribution in [3.63, 3.8) is 0 Å². The maximum Gasteiger partial charge on any atom is 0.349 e. The van der Waals surface area contributed by atoms with Crippen molar-refractivity contribution in [1.82, 2.24) is 9.55 Å². The van der Waals surface area contributed by atoms with Crippen LogP contribution in [0.5, 0.6) is 5.75 Å². The van der Waals surface area contributed by atoms with Crippen molar-refractivity contribution >= 4 is 23.6 Å². The van der Waals surface area contributed by atoms with Crippen LogP contribution >= 0.6 is 0 Å². The quantitative estimate of drug-likeness (QED) is 0.280. The summed E-state index contributed by atoms with van der Waals surface area (Å²) in [5.41, 5.74) is 3.82. The van der Waals surface area contributed by atoms with Crippen molar-refractivity contribution in [3.8, 4) is 11.8 Å². The summed E-state index contributed by atoms with van der Waals surface area (Å²) in [6.07, 6.45) is 1.83. The summed E-state index contributed by atoms with van der Waals surface area (Å²) < 4.78 is 11.0. The number of benzene rings is 1. The van der Waals surface area contributed by atoms with Crippen LogP contribution in [0.25, 0.3) is 6.08 Å². The third-order valence-electron chi connectivity index (χ3n) is 4.07. The molecule has 0 aliphatic heterocycles. The van der Waals surface area contributed by atoms with Crippen LogP contribution in [-0.4, -0.2) is 35.0 Å². The molecule has 0 atom stereocenters. The summed E-state index contributed by atoms with van der Waals surface area (Å²) in [5.74, 6) is -1.64. The highest BCUT2D eigenvalue weighted by Gasteiger charge is 2.21. The summed E-state index contributed by atoms with van der Waals surface area (Å²) in [7, 11) is 1.51.